The second-order valence-corrected chi connectivity index (χ2v) is 12.3. The highest BCUT2D eigenvalue weighted by Gasteiger charge is 2.30. The molecule has 0 N–H and O–H groups in total. The van der Waals surface area contributed by atoms with Crippen molar-refractivity contribution in [1.29, 1.82) is 0 Å². The molecule has 124 valence electrons. The number of allylic oxidation sites excluding steroid dienone is 1. The predicted octanol–water partition coefficient (Wildman–Crippen LogP) is 3.58. The number of hydrogen-bond acceptors (Lipinski definition) is 5. The van der Waals surface area contributed by atoms with Gasteiger partial charge in [-0.05, 0) is 24.3 Å². The van der Waals surface area contributed by atoms with E-state index in [0.29, 0.717) is 0 Å². The normalized spacial score (nSPS) is 13.1. The summed E-state index contributed by atoms with van der Waals surface area (Å²) < 4.78 is 32.7. The van der Waals surface area contributed by atoms with Crippen molar-refractivity contribution in [2.45, 2.75) is 19.1 Å². The highest BCUT2D eigenvalue weighted by Crippen LogP contribution is 2.55. The summed E-state index contributed by atoms with van der Waals surface area (Å²) in [6, 6.07) is 8.84. The Morgan fingerprint density at radius 3 is 2.05 bits per heavy atom. The zero-order chi connectivity index (χ0) is 16.8. The van der Waals surface area contributed by atoms with Gasteiger partial charge in [-0.15, -0.1) is 0 Å². The second-order valence-electron chi connectivity index (χ2n) is 5.43. The summed E-state index contributed by atoms with van der Waals surface area (Å²) in [5.41, 5.74) is 0.256. The van der Waals surface area contributed by atoms with Gasteiger partial charge in [-0.1, -0.05) is 30.4 Å². The van der Waals surface area contributed by atoms with Crippen molar-refractivity contribution in [3.8, 4) is 5.75 Å². The molecular weight excluding hydrogens is 319 g/mol. The molecule has 0 bridgehead atoms. The molecule has 1 aromatic rings. The molecular formula is C15H25O5PSi. The molecule has 7 heteroatoms. The van der Waals surface area contributed by atoms with Crippen LogP contribution in [0.15, 0.2) is 35.8 Å². The van der Waals surface area contributed by atoms with Crippen LogP contribution in [0.3, 0.4) is 0 Å². The molecule has 0 aromatic heterocycles. The monoisotopic (exact) mass is 344 g/mol. The van der Waals surface area contributed by atoms with Gasteiger partial charge in [0, 0.05) is 14.2 Å². The first-order valence-corrected chi connectivity index (χ1v) is 11.7. The van der Waals surface area contributed by atoms with Crippen LogP contribution in [0, 0.1) is 0 Å². The van der Waals surface area contributed by atoms with Crippen LogP contribution in [0.5, 0.6) is 5.75 Å². The molecule has 0 radical (unpaired) electrons. The number of methoxy groups -OCH3 is 2. The van der Waals surface area contributed by atoms with Gasteiger partial charge in [-0.2, -0.15) is 0 Å². The Kier molecular flexibility index (Phi) is 6.87. The molecule has 0 atom stereocenters. The quantitative estimate of drug-likeness (QED) is 0.410. The number of rotatable bonds is 8. The number of ether oxygens (including phenoxy) is 2. The van der Waals surface area contributed by atoms with Gasteiger partial charge in [0.2, 0.25) is 5.50 Å². The summed E-state index contributed by atoms with van der Waals surface area (Å²) >= 11 is 0. The van der Waals surface area contributed by atoms with E-state index in [2.05, 4.69) is 25.2 Å². The van der Waals surface area contributed by atoms with Crippen LogP contribution in [-0.4, -0.2) is 36.5 Å². The molecule has 0 saturated heterocycles. The molecule has 0 spiro atoms. The summed E-state index contributed by atoms with van der Waals surface area (Å²) in [5.74, 6) is 0.838. The van der Waals surface area contributed by atoms with Crippen LogP contribution in [0.25, 0.3) is 0 Å². The van der Waals surface area contributed by atoms with Gasteiger partial charge in [0.05, 0.1) is 22.3 Å². The van der Waals surface area contributed by atoms with Crippen LogP contribution >= 0.6 is 7.60 Å². The van der Waals surface area contributed by atoms with E-state index in [4.69, 9.17) is 18.5 Å². The van der Waals surface area contributed by atoms with E-state index in [9.17, 15) is 4.57 Å². The minimum Gasteiger partial charge on any atom is -0.497 e. The van der Waals surface area contributed by atoms with Gasteiger partial charge < -0.3 is 18.5 Å². The van der Waals surface area contributed by atoms with E-state index in [1.54, 1.807) is 7.11 Å². The Balaban J connectivity index is 2.98. The fraction of sp³-hybridized carbons (Fsp3) is 0.467. The Hall–Kier alpha value is -1.07. The first-order chi connectivity index (χ1) is 10.3. The Morgan fingerprint density at radius 1 is 1.09 bits per heavy atom. The molecule has 1 aromatic carbocycles. The van der Waals surface area contributed by atoms with Crippen LogP contribution < -0.4 is 9.92 Å². The fourth-order valence-electron chi connectivity index (χ4n) is 2.06. The maximum absolute atomic E-state index is 12.4. The molecule has 0 fully saturated rings. The maximum Gasteiger partial charge on any atom is 0.394 e. The molecule has 5 nitrogen and oxygen atoms in total. The van der Waals surface area contributed by atoms with Crippen molar-refractivity contribution >= 4 is 20.9 Å². The lowest BCUT2D eigenvalue weighted by Gasteiger charge is -2.23. The van der Waals surface area contributed by atoms with E-state index in [1.165, 1.54) is 26.5 Å². The van der Waals surface area contributed by atoms with Gasteiger partial charge in [0.15, 0.2) is 0 Å². The fourth-order valence-corrected chi connectivity index (χ4v) is 5.28. The standard InChI is InChI=1S/C15H25O5PSi/c1-17-13-7-9-14(10-8-13)22(5,6)12-11-15(18-2)21(16,19-3)20-4/h7-11H,12H2,1-6H3/b15-11+. The van der Waals surface area contributed by atoms with Gasteiger partial charge in [0.25, 0.3) is 0 Å². The SMILES string of the molecule is CO/C(=C\C[Si](C)(C)c1ccc(OC)cc1)P(=O)(OC)OC. The summed E-state index contributed by atoms with van der Waals surface area (Å²) in [4.78, 5) is 0. The van der Waals surface area contributed by atoms with Crippen molar-refractivity contribution in [3.05, 3.63) is 35.8 Å². The van der Waals surface area contributed by atoms with E-state index in [1.807, 2.05) is 18.2 Å². The lowest BCUT2D eigenvalue weighted by atomic mass is 10.3. The zero-order valence-electron chi connectivity index (χ0n) is 14.1. The summed E-state index contributed by atoms with van der Waals surface area (Å²) in [6.45, 7) is 4.48. The zero-order valence-corrected chi connectivity index (χ0v) is 16.0. The Morgan fingerprint density at radius 2 is 1.64 bits per heavy atom. The summed E-state index contributed by atoms with van der Waals surface area (Å²) in [6.07, 6.45) is 1.82. The van der Waals surface area contributed by atoms with Crippen LogP contribution in [0.2, 0.25) is 19.1 Å². The molecule has 0 unspecified atom stereocenters. The molecule has 1 rings (SSSR count). The molecule has 0 heterocycles. The summed E-state index contributed by atoms with van der Waals surface area (Å²) in [5, 5.41) is 1.28. The minimum atomic E-state index is -3.34. The van der Waals surface area contributed by atoms with Gasteiger partial charge >= 0.3 is 7.60 Å². The molecule has 0 aliphatic carbocycles. The third-order valence-corrected chi connectivity index (χ3v) is 8.61. The lowest BCUT2D eigenvalue weighted by molar-refractivity contribution is 0.238. The van der Waals surface area contributed by atoms with E-state index >= 15 is 0 Å². The van der Waals surface area contributed by atoms with Gasteiger partial charge in [-0.25, -0.2) is 0 Å². The highest BCUT2D eigenvalue weighted by atomic mass is 31.2. The Labute approximate surface area is 133 Å². The molecule has 0 saturated carbocycles. The molecule has 22 heavy (non-hydrogen) atoms. The minimum absolute atomic E-state index is 0.256. The van der Waals surface area contributed by atoms with Gasteiger partial charge in [-0.3, -0.25) is 4.57 Å². The first kappa shape index (κ1) is 19.0. The van der Waals surface area contributed by atoms with Crippen molar-refractivity contribution < 1.29 is 23.1 Å². The van der Waals surface area contributed by atoms with Crippen LogP contribution in [0.1, 0.15) is 0 Å². The largest absolute Gasteiger partial charge is 0.497 e. The molecule has 0 aliphatic rings. The molecule has 0 amide bonds. The highest BCUT2D eigenvalue weighted by molar-refractivity contribution is 7.58. The predicted molar refractivity (Wildman–Crippen MR) is 91.6 cm³/mol. The third-order valence-electron chi connectivity index (χ3n) is 3.62. The van der Waals surface area contributed by atoms with Crippen molar-refractivity contribution in [2.75, 3.05) is 28.4 Å². The Bertz CT molecular complexity index is 546. The van der Waals surface area contributed by atoms with Crippen molar-refractivity contribution in [3.63, 3.8) is 0 Å². The van der Waals surface area contributed by atoms with E-state index in [0.717, 1.165) is 11.8 Å². The third kappa shape index (κ3) is 4.46. The van der Waals surface area contributed by atoms with Crippen LogP contribution in [0.4, 0.5) is 0 Å². The average Bonchev–Trinajstić information content (AvgIpc) is 2.54. The van der Waals surface area contributed by atoms with Crippen molar-refractivity contribution in [1.82, 2.24) is 0 Å². The van der Waals surface area contributed by atoms with E-state index < -0.39 is 15.7 Å². The number of hydrogen-bond donors (Lipinski definition) is 0. The van der Waals surface area contributed by atoms with Crippen molar-refractivity contribution in [2.24, 2.45) is 0 Å². The topological polar surface area (TPSA) is 54.0 Å². The maximum atomic E-state index is 12.4. The summed E-state index contributed by atoms with van der Waals surface area (Å²) in [7, 11) is 0.739. The first-order valence-electron chi connectivity index (χ1n) is 6.93. The van der Waals surface area contributed by atoms with E-state index in [-0.39, 0.29) is 5.50 Å². The molecule has 0 aliphatic heterocycles. The van der Waals surface area contributed by atoms with Gasteiger partial charge in [0.1, 0.15) is 5.75 Å². The smallest absolute Gasteiger partial charge is 0.394 e. The van der Waals surface area contributed by atoms with Crippen LogP contribution in [-0.2, 0) is 18.3 Å². The second kappa shape index (κ2) is 7.97. The average molecular weight is 344 g/mol. The number of benzene rings is 1. The lowest BCUT2D eigenvalue weighted by Crippen LogP contribution is -2.40.